The van der Waals surface area contributed by atoms with E-state index in [9.17, 15) is 31.5 Å². The lowest BCUT2D eigenvalue weighted by atomic mass is 10.1. The lowest BCUT2D eigenvalue weighted by Crippen LogP contribution is -2.60. The Kier molecular flexibility index (Phi) is 6.34. The first-order valence-electron chi connectivity index (χ1n) is 10.1. The number of rotatable bonds is 5. The molecular weight excluding hydrogens is 487 g/mol. The monoisotopic (exact) mass is 515 g/mol. The topological polar surface area (TPSA) is 129 Å². The fraction of sp³-hybridized carbons (Fsp3) is 0.778. The van der Waals surface area contributed by atoms with E-state index < -0.39 is 71.9 Å². The van der Waals surface area contributed by atoms with Crippen molar-refractivity contribution in [2.75, 3.05) is 11.6 Å². The molecule has 2 N–H and O–H groups in total. The molecule has 0 saturated carbocycles. The Balaban J connectivity index is 2.21. The first-order valence-corrected chi connectivity index (χ1v) is 13.0. The fourth-order valence-electron chi connectivity index (χ4n) is 3.51. The van der Waals surface area contributed by atoms with Crippen LogP contribution >= 0.6 is 0 Å². The third-order valence-corrected chi connectivity index (χ3v) is 8.34. The maximum atomic E-state index is 13.8. The number of fused-ring (bicyclic) bond motifs is 1. The van der Waals surface area contributed by atoms with Gasteiger partial charge < -0.3 is 24.3 Å². The van der Waals surface area contributed by atoms with Gasteiger partial charge in [-0.05, 0) is 41.5 Å². The molecular formula is C18H28F3N3O7SSi. The van der Waals surface area contributed by atoms with Crippen LogP contribution in [-0.4, -0.2) is 73.2 Å². The standard InChI is InChI=1S/C18H28F3N3O7SSi/c1-15(2,3)29-8-9-11(31-16(4,5)6)17(26,32(27,28)18(19,20)21)13(30-9)24-7-10-12(23-33-10)22-14(24)25/h7,9,11,13,26H,8,33H2,1-6H3,(H,22,23,25)/t9-,11-,13-,17-/m1/s1. The largest absolute Gasteiger partial charge is 0.500 e. The molecule has 1 saturated heterocycles. The van der Waals surface area contributed by atoms with Crippen LogP contribution in [0.3, 0.4) is 0 Å². The number of alkyl halides is 3. The van der Waals surface area contributed by atoms with Crippen LogP contribution in [0, 0.1) is 0 Å². The molecule has 2 aliphatic rings. The summed E-state index contributed by atoms with van der Waals surface area (Å²) in [6.45, 7) is 9.10. The van der Waals surface area contributed by atoms with E-state index in [1.54, 1.807) is 20.8 Å². The zero-order valence-corrected chi connectivity index (χ0v) is 21.3. The molecule has 33 heavy (non-hydrogen) atoms. The molecule has 0 bridgehead atoms. The number of aromatic nitrogens is 2. The number of hydrogen-bond acceptors (Lipinski definition) is 9. The van der Waals surface area contributed by atoms with E-state index >= 15 is 0 Å². The van der Waals surface area contributed by atoms with E-state index in [2.05, 4.69) is 9.97 Å². The molecule has 3 heterocycles. The number of hydrogen-bond donors (Lipinski definition) is 2. The van der Waals surface area contributed by atoms with Crippen molar-refractivity contribution in [3.05, 3.63) is 16.7 Å². The van der Waals surface area contributed by atoms with E-state index in [1.165, 1.54) is 27.0 Å². The van der Waals surface area contributed by atoms with Gasteiger partial charge in [-0.3, -0.25) is 4.57 Å². The summed E-state index contributed by atoms with van der Waals surface area (Å²) in [7, 11) is -7.37. The average Bonchev–Trinajstić information content (AvgIpc) is 2.87. The molecule has 0 amide bonds. The van der Waals surface area contributed by atoms with Crippen LogP contribution in [0.25, 0.3) is 0 Å². The van der Waals surface area contributed by atoms with Crippen molar-refractivity contribution in [3.63, 3.8) is 0 Å². The number of nitrogens with one attached hydrogen (secondary N) is 1. The van der Waals surface area contributed by atoms with Crippen LogP contribution in [0.5, 0.6) is 0 Å². The predicted octanol–water partition coefficient (Wildman–Crippen LogP) is -0.103. The van der Waals surface area contributed by atoms with Gasteiger partial charge in [-0.15, -0.1) is 0 Å². The van der Waals surface area contributed by atoms with Gasteiger partial charge in [0.25, 0.3) is 9.84 Å². The lowest BCUT2D eigenvalue weighted by Gasteiger charge is -2.37. The van der Waals surface area contributed by atoms with Gasteiger partial charge in [-0.25, -0.2) is 13.2 Å². The molecule has 0 radical (unpaired) electrons. The highest BCUT2D eigenvalue weighted by Crippen LogP contribution is 2.49. The van der Waals surface area contributed by atoms with Gasteiger partial charge in [0.15, 0.2) is 15.9 Å². The Labute approximate surface area is 191 Å². The van der Waals surface area contributed by atoms with Crippen molar-refractivity contribution in [1.29, 1.82) is 0 Å². The van der Waals surface area contributed by atoms with Crippen molar-refractivity contribution in [2.45, 2.75) is 81.6 Å². The summed E-state index contributed by atoms with van der Waals surface area (Å²) in [6.07, 6.45) is -4.59. The number of sulfone groups is 1. The van der Waals surface area contributed by atoms with Gasteiger partial charge in [-0.1, -0.05) is 0 Å². The van der Waals surface area contributed by atoms with E-state index in [1.807, 2.05) is 0 Å². The molecule has 0 aromatic carbocycles. The summed E-state index contributed by atoms with van der Waals surface area (Å²) in [4.78, 5) is 15.5. The molecule has 4 atom stereocenters. The van der Waals surface area contributed by atoms with E-state index in [0.717, 1.165) is 0 Å². The summed E-state index contributed by atoms with van der Waals surface area (Å²) in [5.41, 5.74) is -8.89. The number of aliphatic hydroxyl groups is 1. The Morgan fingerprint density at radius 1 is 1.24 bits per heavy atom. The summed E-state index contributed by atoms with van der Waals surface area (Å²) in [6, 6.07) is 0. The number of ether oxygens (including phenoxy) is 3. The van der Waals surface area contributed by atoms with Gasteiger partial charge in [0, 0.05) is 11.4 Å². The SMILES string of the molecule is CC(C)(C)OC[C@H]1O[C@@H](n2cc3c(nc2=O)N[SiH2]3)[C@](O)(S(=O)(=O)C(F)(F)F)[C@@H]1OC(C)(C)C. The van der Waals surface area contributed by atoms with E-state index in [0.29, 0.717) is 9.75 Å². The van der Waals surface area contributed by atoms with E-state index in [-0.39, 0.29) is 5.82 Å². The van der Waals surface area contributed by atoms with Crippen LogP contribution in [0.2, 0.25) is 0 Å². The second-order valence-corrected chi connectivity index (χ2v) is 13.6. The highest BCUT2D eigenvalue weighted by Gasteiger charge is 2.73. The normalized spacial score (nSPS) is 29.0. The smallest absolute Gasteiger partial charge is 0.396 e. The van der Waals surface area contributed by atoms with Crippen molar-refractivity contribution in [1.82, 2.24) is 9.55 Å². The molecule has 10 nitrogen and oxygen atoms in total. The highest BCUT2D eigenvalue weighted by atomic mass is 32.2. The fourth-order valence-corrected chi connectivity index (χ4v) is 5.81. The van der Waals surface area contributed by atoms with Crippen LogP contribution in [0.15, 0.2) is 11.0 Å². The maximum Gasteiger partial charge on any atom is 0.500 e. The quantitative estimate of drug-likeness (QED) is 0.517. The van der Waals surface area contributed by atoms with Crippen LogP contribution in [-0.2, 0) is 24.0 Å². The third-order valence-electron chi connectivity index (χ3n) is 5.03. The minimum Gasteiger partial charge on any atom is -0.396 e. The van der Waals surface area contributed by atoms with Gasteiger partial charge in [0.2, 0.25) is 4.93 Å². The molecule has 2 aliphatic heterocycles. The van der Waals surface area contributed by atoms with Crippen LogP contribution in [0.1, 0.15) is 47.8 Å². The van der Waals surface area contributed by atoms with Crippen molar-refractivity contribution in [3.8, 4) is 0 Å². The molecule has 3 rings (SSSR count). The van der Waals surface area contributed by atoms with E-state index in [4.69, 9.17) is 14.2 Å². The molecule has 0 spiro atoms. The number of nitrogens with zero attached hydrogens (tertiary/aromatic N) is 2. The number of halogens is 3. The Hall–Kier alpha value is -1.52. The van der Waals surface area contributed by atoms with Gasteiger partial charge >= 0.3 is 11.2 Å². The van der Waals surface area contributed by atoms with Gasteiger partial charge in [0.1, 0.15) is 18.0 Å². The zero-order chi connectivity index (χ0) is 25.2. The second kappa shape index (κ2) is 8.02. The lowest BCUT2D eigenvalue weighted by molar-refractivity contribution is -0.146. The Morgan fingerprint density at radius 3 is 2.30 bits per heavy atom. The first kappa shape index (κ1) is 26.1. The molecule has 188 valence electrons. The molecule has 0 aliphatic carbocycles. The van der Waals surface area contributed by atoms with Crippen LogP contribution < -0.4 is 15.9 Å². The van der Waals surface area contributed by atoms with Crippen molar-refractivity contribution in [2.24, 2.45) is 0 Å². The zero-order valence-electron chi connectivity index (χ0n) is 19.1. The van der Waals surface area contributed by atoms with Gasteiger partial charge in [-0.2, -0.15) is 18.2 Å². The van der Waals surface area contributed by atoms with Crippen molar-refractivity contribution >= 4 is 30.5 Å². The Bertz CT molecular complexity index is 1080. The minimum atomic E-state index is -6.34. The van der Waals surface area contributed by atoms with Crippen molar-refractivity contribution < 1.29 is 40.9 Å². The molecule has 1 fully saturated rings. The summed E-state index contributed by atoms with van der Waals surface area (Å²) in [5, 5.41) is 12.0. The van der Waals surface area contributed by atoms with Crippen LogP contribution in [0.4, 0.5) is 19.0 Å². The Morgan fingerprint density at radius 2 is 1.85 bits per heavy atom. The maximum absolute atomic E-state index is 13.8. The predicted molar refractivity (Wildman–Crippen MR) is 114 cm³/mol. The average molecular weight is 516 g/mol. The molecule has 0 unspecified atom stereocenters. The molecule has 15 heteroatoms. The van der Waals surface area contributed by atoms with Gasteiger partial charge in [0.05, 0.1) is 17.8 Å². The molecule has 1 aromatic rings. The summed E-state index contributed by atoms with van der Waals surface area (Å²) < 4.78 is 84.4. The third kappa shape index (κ3) is 4.70. The summed E-state index contributed by atoms with van der Waals surface area (Å²) in [5.74, 6) is 0.276. The minimum absolute atomic E-state index is 0.276. The first-order chi connectivity index (χ1) is 14.8. The summed E-state index contributed by atoms with van der Waals surface area (Å²) >= 11 is 0. The molecule has 1 aromatic heterocycles. The number of anilines is 1. The highest BCUT2D eigenvalue weighted by molar-refractivity contribution is 7.93. The second-order valence-electron chi connectivity index (χ2n) is 9.96.